The minimum Gasteiger partial charge on any atom is -0.497 e. The number of nitrogens with one attached hydrogen (secondary N) is 1. The first-order chi connectivity index (χ1) is 15.5. The van der Waals surface area contributed by atoms with Crippen LogP contribution in [0.15, 0.2) is 58.7 Å². The Morgan fingerprint density at radius 1 is 1.16 bits per heavy atom. The number of carbonyl (C=O) groups is 1. The molecule has 4 aromatic rings. The fraction of sp³-hybridized carbons (Fsp3) is 0.208. The van der Waals surface area contributed by atoms with Gasteiger partial charge in [-0.15, -0.1) is 11.3 Å². The summed E-state index contributed by atoms with van der Waals surface area (Å²) < 4.78 is 12.2. The van der Waals surface area contributed by atoms with Gasteiger partial charge in [0, 0.05) is 10.9 Å². The van der Waals surface area contributed by atoms with Gasteiger partial charge in [-0.05, 0) is 43.7 Å². The van der Waals surface area contributed by atoms with Gasteiger partial charge in [0.25, 0.3) is 5.56 Å². The Labute approximate surface area is 189 Å². The summed E-state index contributed by atoms with van der Waals surface area (Å²) in [6, 6.07) is 14.7. The minimum atomic E-state index is -0.329. The summed E-state index contributed by atoms with van der Waals surface area (Å²) in [5.74, 6) is 1.48. The fourth-order valence-corrected chi connectivity index (χ4v) is 4.46. The minimum absolute atomic E-state index is 0.147. The van der Waals surface area contributed by atoms with Crippen LogP contribution >= 0.6 is 11.3 Å². The number of fused-ring (bicyclic) bond motifs is 1. The first-order valence-corrected chi connectivity index (χ1v) is 11.0. The average molecular weight is 450 g/mol. The van der Waals surface area contributed by atoms with Crippen LogP contribution in [0.2, 0.25) is 0 Å². The lowest BCUT2D eigenvalue weighted by molar-refractivity contribution is -0.116. The number of benzene rings is 2. The molecule has 0 fully saturated rings. The molecule has 0 aliphatic heterocycles. The van der Waals surface area contributed by atoms with Crippen molar-refractivity contribution in [3.8, 4) is 22.6 Å². The van der Waals surface area contributed by atoms with Gasteiger partial charge in [0.2, 0.25) is 5.91 Å². The van der Waals surface area contributed by atoms with E-state index in [1.54, 1.807) is 26.2 Å². The number of thiophene rings is 1. The third kappa shape index (κ3) is 4.22. The topological polar surface area (TPSA) is 82.4 Å². The molecular weight excluding hydrogens is 426 g/mol. The fourth-order valence-electron chi connectivity index (χ4n) is 3.48. The largest absolute Gasteiger partial charge is 0.497 e. The highest BCUT2D eigenvalue weighted by molar-refractivity contribution is 7.17. The second-order valence-corrected chi connectivity index (χ2v) is 7.94. The summed E-state index contributed by atoms with van der Waals surface area (Å²) in [6.45, 7) is 3.95. The van der Waals surface area contributed by atoms with Crippen LogP contribution < -0.4 is 20.3 Å². The number of carbonyl (C=O) groups excluding carboxylic acids is 1. The van der Waals surface area contributed by atoms with Crippen molar-refractivity contribution in [2.45, 2.75) is 20.4 Å². The molecule has 8 heteroatoms. The van der Waals surface area contributed by atoms with E-state index in [4.69, 9.17) is 9.47 Å². The molecule has 1 amide bonds. The highest BCUT2D eigenvalue weighted by Crippen LogP contribution is 2.32. The molecule has 0 spiro atoms. The van der Waals surface area contributed by atoms with Crippen molar-refractivity contribution in [3.05, 3.63) is 70.1 Å². The summed E-state index contributed by atoms with van der Waals surface area (Å²) >= 11 is 1.41. The van der Waals surface area contributed by atoms with Crippen LogP contribution in [0.4, 0.5) is 5.69 Å². The molecule has 7 nitrogen and oxygen atoms in total. The van der Waals surface area contributed by atoms with Crippen molar-refractivity contribution in [3.63, 3.8) is 0 Å². The second-order valence-electron chi connectivity index (χ2n) is 7.09. The predicted molar refractivity (Wildman–Crippen MR) is 127 cm³/mol. The van der Waals surface area contributed by atoms with E-state index >= 15 is 0 Å². The van der Waals surface area contributed by atoms with E-state index in [-0.39, 0.29) is 18.0 Å². The van der Waals surface area contributed by atoms with Gasteiger partial charge in [0.15, 0.2) is 0 Å². The Bertz CT molecular complexity index is 1330. The lowest BCUT2D eigenvalue weighted by Gasteiger charge is -2.13. The van der Waals surface area contributed by atoms with Crippen molar-refractivity contribution in [2.24, 2.45) is 0 Å². The summed E-state index contributed by atoms with van der Waals surface area (Å²) in [4.78, 5) is 31.4. The van der Waals surface area contributed by atoms with Gasteiger partial charge in [-0.3, -0.25) is 14.2 Å². The monoisotopic (exact) mass is 449 g/mol. The van der Waals surface area contributed by atoms with Crippen molar-refractivity contribution >= 4 is 33.1 Å². The smallest absolute Gasteiger partial charge is 0.263 e. The summed E-state index contributed by atoms with van der Waals surface area (Å²) in [5, 5.41) is 5.26. The number of aromatic nitrogens is 2. The first kappa shape index (κ1) is 21.6. The van der Waals surface area contributed by atoms with Crippen molar-refractivity contribution in [1.82, 2.24) is 9.55 Å². The summed E-state index contributed by atoms with van der Waals surface area (Å²) in [6.07, 6.45) is 0. The zero-order valence-corrected chi connectivity index (χ0v) is 18.9. The standard InChI is InChI=1S/C24H23N3O4S/c1-4-31-20-8-6-5-7-19(20)26-21(28)13-27-15(2)25-23-22(24(27)29)18(14-32-23)16-9-11-17(30-3)12-10-16/h5-12,14H,4,13H2,1-3H3,(H,26,28). The Balaban J connectivity index is 1.67. The van der Waals surface area contributed by atoms with Crippen molar-refractivity contribution in [1.29, 1.82) is 0 Å². The molecule has 0 saturated carbocycles. The van der Waals surface area contributed by atoms with E-state index in [1.807, 2.05) is 48.7 Å². The molecule has 164 valence electrons. The van der Waals surface area contributed by atoms with Gasteiger partial charge in [-0.2, -0.15) is 0 Å². The van der Waals surface area contributed by atoms with Gasteiger partial charge in [0.05, 0.1) is 24.8 Å². The third-order valence-electron chi connectivity index (χ3n) is 5.05. The zero-order valence-electron chi connectivity index (χ0n) is 18.0. The van der Waals surface area contributed by atoms with Crippen molar-refractivity contribution < 1.29 is 14.3 Å². The maximum Gasteiger partial charge on any atom is 0.263 e. The van der Waals surface area contributed by atoms with E-state index in [0.29, 0.717) is 34.1 Å². The molecule has 0 aliphatic carbocycles. The maximum atomic E-state index is 13.4. The lowest BCUT2D eigenvalue weighted by Crippen LogP contribution is -2.30. The van der Waals surface area contributed by atoms with Gasteiger partial charge in [0.1, 0.15) is 28.7 Å². The van der Waals surface area contributed by atoms with Crippen LogP contribution in [-0.4, -0.2) is 29.2 Å². The molecule has 2 heterocycles. The van der Waals surface area contributed by atoms with Crippen LogP contribution in [0, 0.1) is 6.92 Å². The number of aryl methyl sites for hydroxylation is 1. The lowest BCUT2D eigenvalue weighted by atomic mass is 10.1. The maximum absolute atomic E-state index is 13.4. The van der Waals surface area contributed by atoms with Gasteiger partial charge < -0.3 is 14.8 Å². The Hall–Kier alpha value is -3.65. The molecule has 2 aromatic carbocycles. The number of anilines is 1. The van der Waals surface area contributed by atoms with Crippen LogP contribution in [-0.2, 0) is 11.3 Å². The van der Waals surface area contributed by atoms with E-state index in [0.717, 1.165) is 16.9 Å². The third-order valence-corrected chi connectivity index (χ3v) is 5.92. The summed E-state index contributed by atoms with van der Waals surface area (Å²) in [7, 11) is 1.61. The highest BCUT2D eigenvalue weighted by atomic mass is 32.1. The molecule has 2 aromatic heterocycles. The van der Waals surface area contributed by atoms with E-state index in [9.17, 15) is 9.59 Å². The van der Waals surface area contributed by atoms with Gasteiger partial charge in [-0.25, -0.2) is 4.98 Å². The van der Waals surface area contributed by atoms with Crippen LogP contribution in [0.25, 0.3) is 21.3 Å². The quantitative estimate of drug-likeness (QED) is 0.450. The van der Waals surface area contributed by atoms with Gasteiger partial charge in [-0.1, -0.05) is 24.3 Å². The first-order valence-electron chi connectivity index (χ1n) is 10.2. The van der Waals surface area contributed by atoms with Crippen LogP contribution in [0.1, 0.15) is 12.7 Å². The molecule has 0 aliphatic rings. The number of amides is 1. The van der Waals surface area contributed by atoms with E-state index < -0.39 is 0 Å². The number of hydrogen-bond donors (Lipinski definition) is 1. The molecule has 0 unspecified atom stereocenters. The molecule has 32 heavy (non-hydrogen) atoms. The number of rotatable bonds is 7. The van der Waals surface area contributed by atoms with E-state index in [1.165, 1.54) is 15.9 Å². The highest BCUT2D eigenvalue weighted by Gasteiger charge is 2.18. The molecule has 1 N–H and O–H groups in total. The SMILES string of the molecule is CCOc1ccccc1NC(=O)Cn1c(C)nc2scc(-c3ccc(OC)cc3)c2c1=O. The second kappa shape index (κ2) is 9.23. The van der Waals surface area contributed by atoms with Crippen molar-refractivity contribution in [2.75, 3.05) is 19.0 Å². The predicted octanol–water partition coefficient (Wildman–Crippen LogP) is 4.48. The molecule has 4 rings (SSSR count). The summed E-state index contributed by atoms with van der Waals surface area (Å²) in [5.41, 5.74) is 2.00. The number of ether oxygens (including phenoxy) is 2. The number of methoxy groups -OCH3 is 1. The van der Waals surface area contributed by atoms with Gasteiger partial charge >= 0.3 is 0 Å². The average Bonchev–Trinajstić information content (AvgIpc) is 3.22. The zero-order chi connectivity index (χ0) is 22.7. The normalized spacial score (nSPS) is 10.8. The Kier molecular flexibility index (Phi) is 6.23. The number of nitrogens with zero attached hydrogens (tertiary/aromatic N) is 2. The molecule has 0 radical (unpaired) electrons. The molecule has 0 saturated heterocycles. The molecule has 0 bridgehead atoms. The van der Waals surface area contributed by atoms with Crippen LogP contribution in [0.3, 0.4) is 0 Å². The Morgan fingerprint density at radius 2 is 1.91 bits per heavy atom. The molecule has 0 atom stereocenters. The van der Waals surface area contributed by atoms with E-state index in [2.05, 4.69) is 10.3 Å². The number of para-hydroxylation sites is 2. The number of hydrogen-bond acceptors (Lipinski definition) is 6. The Morgan fingerprint density at radius 3 is 2.62 bits per heavy atom. The van der Waals surface area contributed by atoms with Crippen LogP contribution in [0.5, 0.6) is 11.5 Å². The molecular formula is C24H23N3O4S.